The highest BCUT2D eigenvalue weighted by molar-refractivity contribution is 7.11. The zero-order valence-electron chi connectivity index (χ0n) is 12.5. The molecule has 112 valence electrons. The Bertz CT molecular complexity index is 570. The van der Waals surface area contributed by atoms with Crippen LogP contribution in [-0.2, 0) is 13.0 Å². The molecule has 2 N–H and O–H groups in total. The molecule has 2 aromatic rings. The molecular weight excluding hydrogens is 280 g/mol. The highest BCUT2D eigenvalue weighted by Gasteiger charge is 2.18. The molecule has 0 aromatic carbocycles. The van der Waals surface area contributed by atoms with Crippen LogP contribution in [0.25, 0.3) is 0 Å². The third-order valence-corrected chi connectivity index (χ3v) is 5.13. The molecule has 3 rings (SSSR count). The van der Waals surface area contributed by atoms with E-state index in [4.69, 9.17) is 5.73 Å². The smallest absolute Gasteiger partial charge is 0.128 e. The number of rotatable bonds is 4. The first kappa shape index (κ1) is 14.4. The van der Waals surface area contributed by atoms with Crippen molar-refractivity contribution in [3.8, 4) is 0 Å². The molecule has 1 aliphatic heterocycles. The molecule has 0 radical (unpaired) electrons. The Morgan fingerprint density at radius 3 is 2.48 bits per heavy atom. The predicted octanol–water partition coefficient (Wildman–Crippen LogP) is 2.61. The summed E-state index contributed by atoms with van der Waals surface area (Å²) in [6, 6.07) is 8.47. The van der Waals surface area contributed by atoms with Crippen LogP contribution in [0.1, 0.15) is 16.7 Å². The molecule has 0 unspecified atom stereocenters. The number of thiophene rings is 1. The van der Waals surface area contributed by atoms with E-state index in [2.05, 4.69) is 33.8 Å². The van der Waals surface area contributed by atoms with Gasteiger partial charge in [0.1, 0.15) is 5.82 Å². The molecule has 0 saturated carbocycles. The van der Waals surface area contributed by atoms with Crippen LogP contribution in [0.15, 0.2) is 30.5 Å². The van der Waals surface area contributed by atoms with Gasteiger partial charge in [-0.1, -0.05) is 6.92 Å². The summed E-state index contributed by atoms with van der Waals surface area (Å²) in [6.45, 7) is 7.53. The summed E-state index contributed by atoms with van der Waals surface area (Å²) in [6.07, 6.45) is 2.88. The van der Waals surface area contributed by atoms with E-state index in [1.807, 2.05) is 23.5 Å². The summed E-state index contributed by atoms with van der Waals surface area (Å²) in [7, 11) is 0. The monoisotopic (exact) mass is 302 g/mol. The Morgan fingerprint density at radius 1 is 1.10 bits per heavy atom. The van der Waals surface area contributed by atoms with Crippen molar-refractivity contribution in [2.75, 3.05) is 36.8 Å². The first-order valence-corrected chi connectivity index (χ1v) is 8.32. The summed E-state index contributed by atoms with van der Waals surface area (Å²) >= 11 is 1.94. The Balaban J connectivity index is 1.54. The van der Waals surface area contributed by atoms with Crippen LogP contribution in [0.5, 0.6) is 0 Å². The van der Waals surface area contributed by atoms with Gasteiger partial charge in [0.05, 0.1) is 11.9 Å². The van der Waals surface area contributed by atoms with Crippen molar-refractivity contribution in [1.29, 1.82) is 0 Å². The number of piperazine rings is 1. The molecule has 2 aromatic heterocycles. The van der Waals surface area contributed by atoms with Gasteiger partial charge in [0.15, 0.2) is 0 Å². The van der Waals surface area contributed by atoms with Gasteiger partial charge in [-0.05, 0) is 30.7 Å². The second kappa shape index (κ2) is 6.45. The summed E-state index contributed by atoms with van der Waals surface area (Å²) in [4.78, 5) is 12.2. The van der Waals surface area contributed by atoms with E-state index in [-0.39, 0.29) is 0 Å². The largest absolute Gasteiger partial charge is 0.397 e. The quantitative estimate of drug-likeness (QED) is 0.943. The molecule has 1 aliphatic rings. The number of nitrogens with zero attached hydrogens (tertiary/aromatic N) is 3. The summed E-state index contributed by atoms with van der Waals surface area (Å²) in [5.41, 5.74) is 6.41. The predicted molar refractivity (Wildman–Crippen MR) is 89.8 cm³/mol. The SMILES string of the molecule is CCc1ccc(CN2CCN(c3ccc(N)cn3)CC2)s1. The molecule has 0 spiro atoms. The maximum atomic E-state index is 5.69. The van der Waals surface area contributed by atoms with Crippen LogP contribution < -0.4 is 10.6 Å². The number of hydrogen-bond donors (Lipinski definition) is 1. The normalized spacial score (nSPS) is 16.3. The van der Waals surface area contributed by atoms with Gasteiger partial charge < -0.3 is 10.6 Å². The van der Waals surface area contributed by atoms with E-state index in [0.717, 1.165) is 50.6 Å². The van der Waals surface area contributed by atoms with Crippen LogP contribution >= 0.6 is 11.3 Å². The van der Waals surface area contributed by atoms with Crippen molar-refractivity contribution in [2.45, 2.75) is 19.9 Å². The van der Waals surface area contributed by atoms with Crippen molar-refractivity contribution < 1.29 is 0 Å². The fourth-order valence-electron chi connectivity index (χ4n) is 2.64. The second-order valence-corrected chi connectivity index (χ2v) is 6.69. The van der Waals surface area contributed by atoms with Gasteiger partial charge >= 0.3 is 0 Å². The number of anilines is 2. The molecule has 3 heterocycles. The third kappa shape index (κ3) is 3.54. The minimum Gasteiger partial charge on any atom is -0.397 e. The van der Waals surface area contributed by atoms with Crippen LogP contribution in [0, 0.1) is 0 Å². The van der Waals surface area contributed by atoms with Gasteiger partial charge in [-0.15, -0.1) is 11.3 Å². The second-order valence-electron chi connectivity index (χ2n) is 5.43. The fraction of sp³-hybridized carbons (Fsp3) is 0.438. The number of nitrogen functional groups attached to an aromatic ring is 1. The first-order valence-electron chi connectivity index (χ1n) is 7.51. The van der Waals surface area contributed by atoms with Gasteiger partial charge in [0.2, 0.25) is 0 Å². The van der Waals surface area contributed by atoms with Crippen molar-refractivity contribution in [1.82, 2.24) is 9.88 Å². The van der Waals surface area contributed by atoms with E-state index in [1.54, 1.807) is 6.20 Å². The maximum absolute atomic E-state index is 5.69. The molecule has 0 amide bonds. The Hall–Kier alpha value is -1.59. The van der Waals surface area contributed by atoms with Crippen molar-refractivity contribution in [2.24, 2.45) is 0 Å². The first-order chi connectivity index (χ1) is 10.2. The highest BCUT2D eigenvalue weighted by Crippen LogP contribution is 2.20. The summed E-state index contributed by atoms with van der Waals surface area (Å²) in [5, 5.41) is 0. The van der Waals surface area contributed by atoms with Gasteiger partial charge in [-0.3, -0.25) is 4.90 Å². The number of aryl methyl sites for hydroxylation is 1. The molecule has 0 atom stereocenters. The number of aromatic nitrogens is 1. The van der Waals surface area contributed by atoms with Gasteiger partial charge in [0, 0.05) is 42.5 Å². The topological polar surface area (TPSA) is 45.4 Å². The number of pyridine rings is 1. The number of nitrogens with two attached hydrogens (primary N) is 1. The van der Waals surface area contributed by atoms with E-state index in [0.29, 0.717) is 0 Å². The molecule has 0 bridgehead atoms. The molecule has 1 fully saturated rings. The third-order valence-electron chi connectivity index (χ3n) is 3.91. The Kier molecular flexibility index (Phi) is 4.41. The molecule has 0 aliphatic carbocycles. The zero-order chi connectivity index (χ0) is 14.7. The van der Waals surface area contributed by atoms with Gasteiger partial charge in [-0.2, -0.15) is 0 Å². The standard InChI is InChI=1S/C16H22N4S/c1-2-14-4-5-15(21-14)12-19-7-9-20(10-8-19)16-6-3-13(17)11-18-16/h3-6,11H,2,7-10,12,17H2,1H3. The minimum absolute atomic E-state index is 0.724. The van der Waals surface area contributed by atoms with E-state index in [1.165, 1.54) is 9.75 Å². The molecule has 21 heavy (non-hydrogen) atoms. The highest BCUT2D eigenvalue weighted by atomic mass is 32.1. The number of hydrogen-bond acceptors (Lipinski definition) is 5. The molecule has 5 heteroatoms. The van der Waals surface area contributed by atoms with Gasteiger partial charge in [-0.25, -0.2) is 4.98 Å². The van der Waals surface area contributed by atoms with Crippen LogP contribution in [0.3, 0.4) is 0 Å². The van der Waals surface area contributed by atoms with Gasteiger partial charge in [0.25, 0.3) is 0 Å². The molecule has 4 nitrogen and oxygen atoms in total. The molecular formula is C16H22N4S. The van der Waals surface area contributed by atoms with Crippen molar-refractivity contribution in [3.05, 3.63) is 40.2 Å². The van der Waals surface area contributed by atoms with E-state index in [9.17, 15) is 0 Å². The van der Waals surface area contributed by atoms with Crippen LogP contribution in [-0.4, -0.2) is 36.1 Å². The van der Waals surface area contributed by atoms with Crippen LogP contribution in [0.2, 0.25) is 0 Å². The fourth-order valence-corrected chi connectivity index (χ4v) is 3.64. The Labute approximate surface area is 130 Å². The van der Waals surface area contributed by atoms with Crippen LogP contribution in [0.4, 0.5) is 11.5 Å². The van der Waals surface area contributed by atoms with E-state index < -0.39 is 0 Å². The summed E-state index contributed by atoms with van der Waals surface area (Å²) in [5.74, 6) is 1.04. The average molecular weight is 302 g/mol. The zero-order valence-corrected chi connectivity index (χ0v) is 13.3. The minimum atomic E-state index is 0.724. The average Bonchev–Trinajstić information content (AvgIpc) is 2.97. The lowest BCUT2D eigenvalue weighted by molar-refractivity contribution is 0.251. The lowest BCUT2D eigenvalue weighted by Gasteiger charge is -2.35. The van der Waals surface area contributed by atoms with Crippen molar-refractivity contribution >= 4 is 22.8 Å². The lowest BCUT2D eigenvalue weighted by Crippen LogP contribution is -2.46. The van der Waals surface area contributed by atoms with E-state index >= 15 is 0 Å². The van der Waals surface area contributed by atoms with Crippen molar-refractivity contribution in [3.63, 3.8) is 0 Å². The lowest BCUT2D eigenvalue weighted by atomic mass is 10.3. The maximum Gasteiger partial charge on any atom is 0.128 e. The molecule has 1 saturated heterocycles. The summed E-state index contributed by atoms with van der Waals surface area (Å²) < 4.78 is 0. The Morgan fingerprint density at radius 2 is 1.86 bits per heavy atom.